The molecule has 9 nitrogen and oxygen atoms in total. The van der Waals surface area contributed by atoms with Crippen LogP contribution in [-0.2, 0) is 0 Å². The summed E-state index contributed by atoms with van der Waals surface area (Å²) in [5.41, 5.74) is 5.20. The molecular formula is C11H14N4O5. The van der Waals surface area contributed by atoms with Crippen LogP contribution in [0, 0.1) is 10.1 Å². The van der Waals surface area contributed by atoms with Crippen LogP contribution in [0.3, 0.4) is 0 Å². The van der Waals surface area contributed by atoms with Crippen molar-refractivity contribution in [2.24, 2.45) is 0 Å². The second kappa shape index (κ2) is 5.59. The normalized spacial score (nSPS) is 15.9. The fourth-order valence-corrected chi connectivity index (χ4v) is 2.00. The van der Waals surface area contributed by atoms with Crippen molar-refractivity contribution >= 4 is 17.6 Å². The molecule has 1 amide bonds. The van der Waals surface area contributed by atoms with Crippen LogP contribution in [0.25, 0.3) is 0 Å². The first-order chi connectivity index (χ1) is 9.47. The van der Waals surface area contributed by atoms with E-state index in [1.165, 1.54) is 17.0 Å². The van der Waals surface area contributed by atoms with Gasteiger partial charge in [0, 0.05) is 38.1 Å². The van der Waals surface area contributed by atoms with Crippen molar-refractivity contribution in [3.8, 4) is 5.88 Å². The molecule has 0 atom stereocenters. The lowest BCUT2D eigenvalue weighted by molar-refractivity contribution is -0.384. The second-order valence-corrected chi connectivity index (χ2v) is 4.40. The number of aromatic nitrogens is 1. The van der Waals surface area contributed by atoms with E-state index in [1.807, 2.05) is 0 Å². The van der Waals surface area contributed by atoms with E-state index in [0.717, 1.165) is 0 Å². The summed E-state index contributed by atoms with van der Waals surface area (Å²) < 4.78 is 5.57. The lowest BCUT2D eigenvalue weighted by Gasteiger charge is -2.29. The minimum atomic E-state index is -0.943. The van der Waals surface area contributed by atoms with E-state index in [0.29, 0.717) is 25.9 Å². The number of nitrogen functional groups attached to an aromatic ring is 1. The number of hydrogen-bond acceptors (Lipinski definition) is 6. The summed E-state index contributed by atoms with van der Waals surface area (Å²) in [6, 6.07) is 2.63. The number of nitro groups is 1. The molecule has 2 rings (SSSR count). The molecule has 20 heavy (non-hydrogen) atoms. The van der Waals surface area contributed by atoms with Gasteiger partial charge in [-0.25, -0.2) is 4.79 Å². The molecule has 1 fully saturated rings. The van der Waals surface area contributed by atoms with Crippen molar-refractivity contribution in [1.82, 2.24) is 9.88 Å². The third-order valence-electron chi connectivity index (χ3n) is 3.07. The standard InChI is InChI=1S/C11H14N4O5/c12-10-8(15(18)19)1-2-9(13-10)20-7-3-5-14(6-4-7)11(16)17/h1-2,7H,3-6H2,(H2,12,13)(H,16,17). The van der Waals surface area contributed by atoms with E-state index >= 15 is 0 Å². The van der Waals surface area contributed by atoms with Crippen molar-refractivity contribution < 1.29 is 19.6 Å². The minimum Gasteiger partial charge on any atom is -0.474 e. The summed E-state index contributed by atoms with van der Waals surface area (Å²) in [4.78, 5) is 25.9. The Bertz CT molecular complexity index is 528. The van der Waals surface area contributed by atoms with Crippen LogP contribution in [0.1, 0.15) is 12.8 Å². The highest BCUT2D eigenvalue weighted by atomic mass is 16.6. The Labute approximate surface area is 114 Å². The van der Waals surface area contributed by atoms with E-state index in [9.17, 15) is 14.9 Å². The van der Waals surface area contributed by atoms with Crippen LogP contribution in [0.15, 0.2) is 12.1 Å². The van der Waals surface area contributed by atoms with Gasteiger partial charge in [-0.2, -0.15) is 4.98 Å². The van der Waals surface area contributed by atoms with Crippen LogP contribution in [0.5, 0.6) is 5.88 Å². The zero-order valence-electron chi connectivity index (χ0n) is 10.6. The summed E-state index contributed by atoms with van der Waals surface area (Å²) >= 11 is 0. The van der Waals surface area contributed by atoms with Crippen LogP contribution in [0.4, 0.5) is 16.3 Å². The highest BCUT2D eigenvalue weighted by Gasteiger charge is 2.24. The molecule has 0 saturated carbocycles. The summed E-state index contributed by atoms with van der Waals surface area (Å²) in [6.07, 6.45) is -0.0180. The number of amides is 1. The Kier molecular flexibility index (Phi) is 3.87. The third-order valence-corrected chi connectivity index (χ3v) is 3.07. The summed E-state index contributed by atoms with van der Waals surface area (Å²) in [6.45, 7) is 0.783. The molecule has 2 heterocycles. The fraction of sp³-hybridized carbons (Fsp3) is 0.455. The number of likely N-dealkylation sites (tertiary alicyclic amines) is 1. The first-order valence-corrected chi connectivity index (χ1v) is 6.03. The first-order valence-electron chi connectivity index (χ1n) is 6.03. The molecule has 1 saturated heterocycles. The summed E-state index contributed by atoms with van der Waals surface area (Å²) in [5, 5.41) is 19.4. The van der Waals surface area contributed by atoms with E-state index in [4.69, 9.17) is 15.6 Å². The lowest BCUT2D eigenvalue weighted by Crippen LogP contribution is -2.41. The topological polar surface area (TPSA) is 132 Å². The van der Waals surface area contributed by atoms with Gasteiger partial charge in [-0.15, -0.1) is 0 Å². The highest BCUT2D eigenvalue weighted by molar-refractivity contribution is 5.65. The van der Waals surface area contributed by atoms with Crippen molar-refractivity contribution in [2.75, 3.05) is 18.8 Å². The number of piperidine rings is 1. The molecule has 0 unspecified atom stereocenters. The van der Waals surface area contributed by atoms with Crippen molar-refractivity contribution in [3.63, 3.8) is 0 Å². The maximum absolute atomic E-state index is 10.8. The van der Waals surface area contributed by atoms with Gasteiger partial charge in [-0.3, -0.25) is 10.1 Å². The predicted molar refractivity (Wildman–Crippen MR) is 68.6 cm³/mol. The molecule has 0 spiro atoms. The average Bonchev–Trinajstić information content (AvgIpc) is 2.39. The SMILES string of the molecule is Nc1nc(OC2CCN(C(=O)O)CC2)ccc1[N+](=O)[O-]. The van der Waals surface area contributed by atoms with Gasteiger partial charge >= 0.3 is 11.8 Å². The number of hydrogen-bond donors (Lipinski definition) is 2. The largest absolute Gasteiger partial charge is 0.474 e. The van der Waals surface area contributed by atoms with Crippen molar-refractivity contribution in [3.05, 3.63) is 22.2 Å². The van der Waals surface area contributed by atoms with Crippen LogP contribution >= 0.6 is 0 Å². The zero-order valence-corrected chi connectivity index (χ0v) is 10.6. The predicted octanol–water partition coefficient (Wildman–Crippen LogP) is 1.09. The van der Waals surface area contributed by atoms with Gasteiger partial charge in [0.1, 0.15) is 6.10 Å². The van der Waals surface area contributed by atoms with Gasteiger partial charge in [0.05, 0.1) is 4.92 Å². The number of nitrogens with zero attached hydrogens (tertiary/aromatic N) is 3. The quantitative estimate of drug-likeness (QED) is 0.626. The van der Waals surface area contributed by atoms with Gasteiger partial charge < -0.3 is 20.5 Å². The fourth-order valence-electron chi connectivity index (χ4n) is 2.00. The van der Waals surface area contributed by atoms with E-state index < -0.39 is 11.0 Å². The van der Waals surface area contributed by atoms with E-state index in [2.05, 4.69) is 4.98 Å². The maximum Gasteiger partial charge on any atom is 0.407 e. The molecule has 1 aromatic rings. The van der Waals surface area contributed by atoms with Gasteiger partial charge in [0.25, 0.3) is 0 Å². The van der Waals surface area contributed by atoms with Crippen LogP contribution in [-0.4, -0.2) is 45.2 Å². The van der Waals surface area contributed by atoms with Gasteiger partial charge in [-0.1, -0.05) is 0 Å². The molecule has 0 radical (unpaired) electrons. The highest BCUT2D eigenvalue weighted by Crippen LogP contribution is 2.24. The van der Waals surface area contributed by atoms with Gasteiger partial charge in [0.15, 0.2) is 0 Å². The number of carbonyl (C=O) groups is 1. The van der Waals surface area contributed by atoms with Crippen LogP contribution in [0.2, 0.25) is 0 Å². The van der Waals surface area contributed by atoms with Crippen LogP contribution < -0.4 is 10.5 Å². The minimum absolute atomic E-state index is 0.168. The number of pyridine rings is 1. The second-order valence-electron chi connectivity index (χ2n) is 4.40. The average molecular weight is 282 g/mol. The number of rotatable bonds is 3. The maximum atomic E-state index is 10.8. The summed E-state index contributed by atoms with van der Waals surface area (Å²) in [7, 11) is 0. The summed E-state index contributed by atoms with van der Waals surface area (Å²) in [5.74, 6) is 0.0114. The Hall–Kier alpha value is -2.58. The molecule has 1 aliphatic heterocycles. The molecule has 0 aliphatic carbocycles. The molecular weight excluding hydrogens is 268 g/mol. The van der Waals surface area contributed by atoms with Gasteiger partial charge in [-0.05, 0) is 0 Å². The number of ether oxygens (including phenoxy) is 1. The zero-order chi connectivity index (χ0) is 14.7. The van der Waals surface area contributed by atoms with E-state index in [1.54, 1.807) is 0 Å². The van der Waals surface area contributed by atoms with Crippen molar-refractivity contribution in [1.29, 1.82) is 0 Å². The van der Waals surface area contributed by atoms with E-state index in [-0.39, 0.29) is 23.5 Å². The third kappa shape index (κ3) is 3.05. The Balaban J connectivity index is 1.96. The Morgan fingerprint density at radius 2 is 2.15 bits per heavy atom. The molecule has 0 aromatic carbocycles. The smallest absolute Gasteiger partial charge is 0.407 e. The number of anilines is 1. The molecule has 1 aromatic heterocycles. The molecule has 1 aliphatic rings. The number of carboxylic acid groups (broad SMARTS) is 1. The monoisotopic (exact) mass is 282 g/mol. The van der Waals surface area contributed by atoms with Gasteiger partial charge in [0.2, 0.25) is 11.7 Å². The molecule has 108 valence electrons. The lowest BCUT2D eigenvalue weighted by atomic mass is 10.1. The molecule has 0 bridgehead atoms. The molecule has 9 heteroatoms. The molecule has 3 N–H and O–H groups in total. The Morgan fingerprint density at radius 1 is 1.50 bits per heavy atom. The number of nitrogens with two attached hydrogens (primary N) is 1. The van der Waals surface area contributed by atoms with Crippen molar-refractivity contribution in [2.45, 2.75) is 18.9 Å². The Morgan fingerprint density at radius 3 is 2.65 bits per heavy atom. The first kappa shape index (κ1) is 13.8.